The quantitative estimate of drug-likeness (QED) is 0.711. The van der Waals surface area contributed by atoms with Crippen molar-refractivity contribution in [3.8, 4) is 0 Å². The molecule has 0 saturated carbocycles. The molecule has 0 bridgehead atoms. The molecule has 0 heterocycles. The number of ether oxygens (including phenoxy) is 1. The third-order valence-electron chi connectivity index (χ3n) is 2.42. The molecule has 0 fully saturated rings. The predicted octanol–water partition coefficient (Wildman–Crippen LogP) is 1.89. The van der Waals surface area contributed by atoms with E-state index in [1.807, 2.05) is 37.3 Å². The summed E-state index contributed by atoms with van der Waals surface area (Å²) in [6, 6.07) is 9.86. The maximum absolute atomic E-state index is 9.68. The van der Waals surface area contributed by atoms with E-state index in [9.17, 15) is 5.11 Å². The van der Waals surface area contributed by atoms with Crippen LogP contribution in [0.5, 0.6) is 0 Å². The Hall–Kier alpha value is -1.16. The Morgan fingerprint density at radius 3 is 2.71 bits per heavy atom. The molecule has 0 aliphatic carbocycles. The summed E-state index contributed by atoms with van der Waals surface area (Å²) in [4.78, 5) is 0. The van der Waals surface area contributed by atoms with Crippen molar-refractivity contribution in [3.63, 3.8) is 0 Å². The molecule has 0 radical (unpaired) electrons. The zero-order chi connectivity index (χ0) is 12.5. The molecule has 0 aliphatic rings. The summed E-state index contributed by atoms with van der Waals surface area (Å²) in [5.74, 6) is 0. The molecule has 3 heteroatoms. The second kappa shape index (κ2) is 8.01. The van der Waals surface area contributed by atoms with Crippen molar-refractivity contribution in [3.05, 3.63) is 47.5 Å². The van der Waals surface area contributed by atoms with Crippen LogP contribution < -0.4 is 0 Å². The maximum Gasteiger partial charge on any atom is 0.0810 e. The van der Waals surface area contributed by atoms with E-state index >= 15 is 0 Å². The van der Waals surface area contributed by atoms with Crippen molar-refractivity contribution in [2.45, 2.75) is 26.1 Å². The second-order valence-corrected chi connectivity index (χ2v) is 4.09. The summed E-state index contributed by atoms with van der Waals surface area (Å²) in [7, 11) is 0. The van der Waals surface area contributed by atoms with Crippen molar-refractivity contribution in [1.29, 1.82) is 0 Å². The molecule has 1 rings (SSSR count). The van der Waals surface area contributed by atoms with Crippen molar-refractivity contribution in [1.82, 2.24) is 0 Å². The molecular formula is C14H20O3. The fourth-order valence-corrected chi connectivity index (χ4v) is 1.56. The highest BCUT2D eigenvalue weighted by Crippen LogP contribution is 2.06. The lowest BCUT2D eigenvalue weighted by Crippen LogP contribution is -2.15. The Balaban J connectivity index is 2.20. The molecule has 1 aromatic rings. The number of aliphatic hydroxyl groups excluding tert-OH is 2. The van der Waals surface area contributed by atoms with E-state index in [1.165, 1.54) is 0 Å². The van der Waals surface area contributed by atoms with Crippen molar-refractivity contribution in [2.75, 3.05) is 13.2 Å². The molecule has 1 aromatic carbocycles. The average Bonchev–Trinajstić information content (AvgIpc) is 2.30. The van der Waals surface area contributed by atoms with Gasteiger partial charge in [0.2, 0.25) is 0 Å². The van der Waals surface area contributed by atoms with Gasteiger partial charge in [0.1, 0.15) is 0 Å². The normalized spacial score (nSPS) is 13.7. The monoisotopic (exact) mass is 236 g/mol. The molecular weight excluding hydrogens is 216 g/mol. The highest BCUT2D eigenvalue weighted by molar-refractivity contribution is 5.13. The Morgan fingerprint density at radius 1 is 1.35 bits per heavy atom. The summed E-state index contributed by atoms with van der Waals surface area (Å²) >= 11 is 0. The molecule has 2 N–H and O–H groups in total. The molecule has 0 spiro atoms. The number of hydrogen-bond donors (Lipinski definition) is 2. The highest BCUT2D eigenvalue weighted by atomic mass is 16.5. The maximum atomic E-state index is 9.68. The molecule has 3 nitrogen and oxygen atoms in total. The zero-order valence-corrected chi connectivity index (χ0v) is 10.2. The van der Waals surface area contributed by atoms with Gasteiger partial charge in [0, 0.05) is 0 Å². The highest BCUT2D eigenvalue weighted by Gasteiger charge is 2.05. The topological polar surface area (TPSA) is 49.7 Å². The van der Waals surface area contributed by atoms with Crippen LogP contribution in [0, 0.1) is 0 Å². The van der Waals surface area contributed by atoms with Gasteiger partial charge in [-0.1, -0.05) is 42.0 Å². The molecule has 0 saturated heterocycles. The fourth-order valence-electron chi connectivity index (χ4n) is 1.56. The zero-order valence-electron chi connectivity index (χ0n) is 10.2. The minimum absolute atomic E-state index is 0.0173. The third kappa shape index (κ3) is 6.22. The first kappa shape index (κ1) is 13.9. The average molecular weight is 236 g/mol. The Labute approximate surface area is 102 Å². The van der Waals surface area contributed by atoms with E-state index in [0.29, 0.717) is 19.6 Å². The van der Waals surface area contributed by atoms with Crippen LogP contribution in [0.15, 0.2) is 42.0 Å². The van der Waals surface area contributed by atoms with E-state index in [2.05, 4.69) is 0 Å². The van der Waals surface area contributed by atoms with Gasteiger partial charge in [-0.3, -0.25) is 0 Å². The Kier molecular flexibility index (Phi) is 6.55. The van der Waals surface area contributed by atoms with Crippen molar-refractivity contribution >= 4 is 0 Å². The third-order valence-corrected chi connectivity index (χ3v) is 2.42. The van der Waals surface area contributed by atoms with Crippen LogP contribution in [-0.4, -0.2) is 29.5 Å². The van der Waals surface area contributed by atoms with E-state index < -0.39 is 6.10 Å². The molecule has 17 heavy (non-hydrogen) atoms. The lowest BCUT2D eigenvalue weighted by atomic mass is 10.1. The number of hydrogen-bond acceptors (Lipinski definition) is 3. The SMILES string of the molecule is C/C(=C/CO)C[C@@H](O)COCc1ccccc1. The standard InChI is InChI=1S/C14H20O3/c1-12(7-8-15)9-14(16)11-17-10-13-5-3-2-4-6-13/h2-7,14-16H,8-11H2,1H3/b12-7-/t14-/m1/s1. The van der Waals surface area contributed by atoms with Gasteiger partial charge in [-0.2, -0.15) is 0 Å². The van der Waals surface area contributed by atoms with Gasteiger partial charge >= 0.3 is 0 Å². The van der Waals surface area contributed by atoms with Crippen LogP contribution in [0.2, 0.25) is 0 Å². The molecule has 0 unspecified atom stereocenters. The van der Waals surface area contributed by atoms with Gasteiger partial charge in [0.15, 0.2) is 0 Å². The van der Waals surface area contributed by atoms with Crippen LogP contribution in [0.4, 0.5) is 0 Å². The summed E-state index contributed by atoms with van der Waals surface area (Å²) < 4.78 is 5.42. The van der Waals surface area contributed by atoms with Gasteiger partial charge in [0.25, 0.3) is 0 Å². The van der Waals surface area contributed by atoms with Crippen LogP contribution in [0.25, 0.3) is 0 Å². The minimum Gasteiger partial charge on any atom is -0.392 e. The summed E-state index contributed by atoms with van der Waals surface area (Å²) in [6.07, 6.45) is 1.72. The fraction of sp³-hybridized carbons (Fsp3) is 0.429. The first-order chi connectivity index (χ1) is 8.22. The van der Waals surface area contributed by atoms with Gasteiger partial charge in [-0.25, -0.2) is 0 Å². The lowest BCUT2D eigenvalue weighted by molar-refractivity contribution is 0.0288. The molecule has 0 amide bonds. The van der Waals surface area contributed by atoms with Gasteiger partial charge < -0.3 is 14.9 Å². The largest absolute Gasteiger partial charge is 0.392 e. The number of aliphatic hydroxyl groups is 2. The second-order valence-electron chi connectivity index (χ2n) is 4.09. The van der Waals surface area contributed by atoms with Crippen molar-refractivity contribution in [2.24, 2.45) is 0 Å². The summed E-state index contributed by atoms with van der Waals surface area (Å²) in [5, 5.41) is 18.4. The van der Waals surface area contributed by atoms with E-state index in [0.717, 1.165) is 11.1 Å². The van der Waals surface area contributed by atoms with E-state index in [1.54, 1.807) is 6.08 Å². The lowest BCUT2D eigenvalue weighted by Gasteiger charge is -2.11. The van der Waals surface area contributed by atoms with Gasteiger partial charge in [0.05, 0.1) is 25.9 Å². The predicted molar refractivity (Wildman–Crippen MR) is 67.6 cm³/mol. The van der Waals surface area contributed by atoms with E-state index in [-0.39, 0.29) is 6.61 Å². The summed E-state index contributed by atoms with van der Waals surface area (Å²) in [6.45, 7) is 2.73. The van der Waals surface area contributed by atoms with Crippen LogP contribution >= 0.6 is 0 Å². The van der Waals surface area contributed by atoms with Crippen molar-refractivity contribution < 1.29 is 14.9 Å². The smallest absolute Gasteiger partial charge is 0.0810 e. The Bertz CT molecular complexity index is 333. The molecule has 0 aliphatic heterocycles. The molecule has 0 aromatic heterocycles. The molecule has 1 atom stereocenters. The number of benzene rings is 1. The molecule has 94 valence electrons. The van der Waals surface area contributed by atoms with Crippen LogP contribution in [-0.2, 0) is 11.3 Å². The Morgan fingerprint density at radius 2 is 2.06 bits per heavy atom. The van der Waals surface area contributed by atoms with Gasteiger partial charge in [-0.05, 0) is 18.9 Å². The summed E-state index contributed by atoms with van der Waals surface area (Å²) in [5.41, 5.74) is 2.07. The first-order valence-corrected chi connectivity index (χ1v) is 5.78. The minimum atomic E-state index is -0.512. The number of rotatable bonds is 7. The van der Waals surface area contributed by atoms with Gasteiger partial charge in [-0.15, -0.1) is 0 Å². The van der Waals surface area contributed by atoms with E-state index in [4.69, 9.17) is 9.84 Å². The van der Waals surface area contributed by atoms with Crippen LogP contribution in [0.1, 0.15) is 18.9 Å². The van der Waals surface area contributed by atoms with Crippen LogP contribution in [0.3, 0.4) is 0 Å². The first-order valence-electron chi connectivity index (χ1n) is 5.78.